The number of nitrogens with one attached hydrogen (secondary N) is 2. The molecule has 2 rings (SSSR count). The van der Waals surface area contributed by atoms with Crippen LogP contribution in [0.15, 0.2) is 0 Å². The van der Waals surface area contributed by atoms with Gasteiger partial charge in [0.1, 0.15) is 0 Å². The summed E-state index contributed by atoms with van der Waals surface area (Å²) < 4.78 is 0. The van der Waals surface area contributed by atoms with Crippen LogP contribution in [0.1, 0.15) is 26.2 Å². The van der Waals surface area contributed by atoms with Crippen molar-refractivity contribution in [1.29, 1.82) is 0 Å². The second kappa shape index (κ2) is 6.18. The van der Waals surface area contributed by atoms with Gasteiger partial charge in [-0.05, 0) is 31.8 Å². The molecular weight excluding hydrogens is 230 g/mol. The summed E-state index contributed by atoms with van der Waals surface area (Å²) in [5.41, 5.74) is 0. The van der Waals surface area contributed by atoms with Crippen LogP contribution >= 0.6 is 0 Å². The van der Waals surface area contributed by atoms with Crippen molar-refractivity contribution in [3.05, 3.63) is 0 Å². The highest BCUT2D eigenvalue weighted by Gasteiger charge is 2.27. The van der Waals surface area contributed by atoms with E-state index in [1.54, 1.807) is 0 Å². The zero-order valence-electron chi connectivity index (χ0n) is 11.1. The molecule has 0 aromatic rings. The van der Waals surface area contributed by atoms with E-state index in [9.17, 15) is 9.59 Å². The molecule has 2 fully saturated rings. The second-order valence-corrected chi connectivity index (χ2v) is 5.52. The molecule has 2 aliphatic heterocycles. The molecule has 0 aromatic heterocycles. The van der Waals surface area contributed by atoms with Crippen LogP contribution in [0.5, 0.6) is 0 Å². The fraction of sp³-hybridized carbons (Fsp3) is 0.846. The average Bonchev–Trinajstić information content (AvgIpc) is 2.78. The molecule has 0 aliphatic carbocycles. The topological polar surface area (TPSA) is 61.4 Å². The predicted molar refractivity (Wildman–Crippen MR) is 69.0 cm³/mol. The van der Waals surface area contributed by atoms with Crippen molar-refractivity contribution in [2.24, 2.45) is 11.8 Å². The van der Waals surface area contributed by atoms with Gasteiger partial charge in [-0.3, -0.25) is 9.59 Å². The van der Waals surface area contributed by atoms with E-state index in [1.165, 1.54) is 12.8 Å². The summed E-state index contributed by atoms with van der Waals surface area (Å²) in [7, 11) is 0. The van der Waals surface area contributed by atoms with Crippen LogP contribution in [0.4, 0.5) is 0 Å². The molecule has 2 N–H and O–H groups in total. The molecule has 0 saturated carbocycles. The van der Waals surface area contributed by atoms with Gasteiger partial charge in [0.2, 0.25) is 11.8 Å². The standard InChI is InChI=1S/C13H23N3O2/c1-10-2-5-16(6-3-10)7-4-14-13(18)11-8-12(17)15-9-11/h10-11H,2-9H2,1H3,(H,14,18)(H,15,17). The number of hydrogen-bond donors (Lipinski definition) is 2. The number of piperidine rings is 1. The van der Waals surface area contributed by atoms with E-state index in [4.69, 9.17) is 0 Å². The molecule has 2 saturated heterocycles. The molecule has 2 heterocycles. The van der Waals surface area contributed by atoms with Crippen molar-refractivity contribution in [3.63, 3.8) is 0 Å². The quantitative estimate of drug-likeness (QED) is 0.739. The summed E-state index contributed by atoms with van der Waals surface area (Å²) in [5.74, 6) is 0.671. The summed E-state index contributed by atoms with van der Waals surface area (Å²) in [4.78, 5) is 25.2. The van der Waals surface area contributed by atoms with Gasteiger partial charge in [0.15, 0.2) is 0 Å². The first kappa shape index (κ1) is 13.3. The van der Waals surface area contributed by atoms with E-state index >= 15 is 0 Å². The largest absolute Gasteiger partial charge is 0.355 e. The maximum Gasteiger partial charge on any atom is 0.225 e. The molecule has 2 amide bonds. The molecule has 2 aliphatic rings. The lowest BCUT2D eigenvalue weighted by atomic mass is 9.99. The van der Waals surface area contributed by atoms with Gasteiger partial charge in [0.05, 0.1) is 5.92 Å². The van der Waals surface area contributed by atoms with Gasteiger partial charge in [-0.15, -0.1) is 0 Å². The molecule has 5 heteroatoms. The predicted octanol–water partition coefficient (Wildman–Crippen LogP) is -0.0294. The number of carbonyl (C=O) groups is 2. The minimum Gasteiger partial charge on any atom is -0.355 e. The Morgan fingerprint density at radius 3 is 2.78 bits per heavy atom. The van der Waals surface area contributed by atoms with Gasteiger partial charge in [0, 0.05) is 26.1 Å². The average molecular weight is 253 g/mol. The van der Waals surface area contributed by atoms with Gasteiger partial charge in [-0.1, -0.05) is 6.92 Å². The van der Waals surface area contributed by atoms with Crippen molar-refractivity contribution >= 4 is 11.8 Å². The van der Waals surface area contributed by atoms with E-state index in [0.29, 0.717) is 19.5 Å². The van der Waals surface area contributed by atoms with Crippen molar-refractivity contribution in [2.75, 3.05) is 32.7 Å². The third-order valence-corrected chi connectivity index (χ3v) is 3.95. The van der Waals surface area contributed by atoms with Crippen LogP contribution in [0, 0.1) is 11.8 Å². The van der Waals surface area contributed by atoms with E-state index < -0.39 is 0 Å². The van der Waals surface area contributed by atoms with E-state index in [-0.39, 0.29) is 17.7 Å². The number of likely N-dealkylation sites (tertiary alicyclic amines) is 1. The molecule has 18 heavy (non-hydrogen) atoms. The summed E-state index contributed by atoms with van der Waals surface area (Å²) >= 11 is 0. The van der Waals surface area contributed by atoms with Gasteiger partial charge < -0.3 is 15.5 Å². The molecular formula is C13H23N3O2. The lowest BCUT2D eigenvalue weighted by molar-refractivity contribution is -0.126. The lowest BCUT2D eigenvalue weighted by Crippen LogP contribution is -2.41. The highest BCUT2D eigenvalue weighted by molar-refractivity contribution is 5.89. The third kappa shape index (κ3) is 3.70. The summed E-state index contributed by atoms with van der Waals surface area (Å²) in [5, 5.41) is 5.62. The Balaban J connectivity index is 1.60. The second-order valence-electron chi connectivity index (χ2n) is 5.52. The van der Waals surface area contributed by atoms with Crippen molar-refractivity contribution in [1.82, 2.24) is 15.5 Å². The first-order valence-electron chi connectivity index (χ1n) is 6.92. The Kier molecular flexibility index (Phi) is 4.58. The third-order valence-electron chi connectivity index (χ3n) is 3.95. The first-order chi connectivity index (χ1) is 8.65. The Morgan fingerprint density at radius 1 is 1.44 bits per heavy atom. The fourth-order valence-corrected chi connectivity index (χ4v) is 2.56. The smallest absolute Gasteiger partial charge is 0.225 e. The molecule has 0 radical (unpaired) electrons. The van der Waals surface area contributed by atoms with Crippen LogP contribution in [0.3, 0.4) is 0 Å². The van der Waals surface area contributed by atoms with E-state index in [0.717, 1.165) is 25.6 Å². The van der Waals surface area contributed by atoms with Gasteiger partial charge >= 0.3 is 0 Å². The molecule has 0 spiro atoms. The number of hydrogen-bond acceptors (Lipinski definition) is 3. The zero-order valence-corrected chi connectivity index (χ0v) is 11.1. The highest BCUT2D eigenvalue weighted by atomic mass is 16.2. The van der Waals surface area contributed by atoms with Gasteiger partial charge in [0.25, 0.3) is 0 Å². The summed E-state index contributed by atoms with van der Waals surface area (Å²) in [6.45, 7) is 6.68. The van der Waals surface area contributed by atoms with Gasteiger partial charge in [-0.25, -0.2) is 0 Å². The monoisotopic (exact) mass is 253 g/mol. The van der Waals surface area contributed by atoms with Crippen LogP contribution in [-0.2, 0) is 9.59 Å². The first-order valence-corrected chi connectivity index (χ1v) is 6.92. The molecule has 1 atom stereocenters. The van der Waals surface area contributed by atoms with Crippen molar-refractivity contribution < 1.29 is 9.59 Å². The van der Waals surface area contributed by atoms with Crippen LogP contribution in [0.2, 0.25) is 0 Å². The number of nitrogens with zero attached hydrogens (tertiary/aromatic N) is 1. The summed E-state index contributed by atoms with van der Waals surface area (Å²) in [6, 6.07) is 0. The Morgan fingerprint density at radius 2 is 2.17 bits per heavy atom. The normalized spacial score (nSPS) is 26.1. The van der Waals surface area contributed by atoms with Crippen molar-refractivity contribution in [2.45, 2.75) is 26.2 Å². The molecule has 0 aromatic carbocycles. The lowest BCUT2D eigenvalue weighted by Gasteiger charge is -2.30. The van der Waals surface area contributed by atoms with E-state index in [1.807, 2.05) is 0 Å². The molecule has 102 valence electrons. The van der Waals surface area contributed by atoms with Crippen molar-refractivity contribution in [3.8, 4) is 0 Å². The Bertz CT molecular complexity index is 311. The maximum absolute atomic E-state index is 11.8. The van der Waals surface area contributed by atoms with E-state index in [2.05, 4.69) is 22.5 Å². The fourth-order valence-electron chi connectivity index (χ4n) is 2.56. The number of carbonyl (C=O) groups excluding carboxylic acids is 2. The molecule has 5 nitrogen and oxygen atoms in total. The maximum atomic E-state index is 11.8. The minimum absolute atomic E-state index is 0.0127. The number of amides is 2. The Hall–Kier alpha value is -1.10. The van der Waals surface area contributed by atoms with Crippen LogP contribution in [0.25, 0.3) is 0 Å². The van der Waals surface area contributed by atoms with Crippen LogP contribution in [-0.4, -0.2) is 49.4 Å². The molecule has 1 unspecified atom stereocenters. The van der Waals surface area contributed by atoms with Gasteiger partial charge in [-0.2, -0.15) is 0 Å². The van der Waals surface area contributed by atoms with Crippen LogP contribution < -0.4 is 10.6 Å². The highest BCUT2D eigenvalue weighted by Crippen LogP contribution is 2.15. The summed E-state index contributed by atoms with van der Waals surface area (Å²) in [6.07, 6.45) is 2.86. The molecule has 0 bridgehead atoms. The SMILES string of the molecule is CC1CCN(CCNC(=O)C2CNC(=O)C2)CC1. The Labute approximate surface area is 108 Å². The number of rotatable bonds is 4. The minimum atomic E-state index is -0.168. The zero-order chi connectivity index (χ0) is 13.0.